The summed E-state index contributed by atoms with van der Waals surface area (Å²) in [5.41, 5.74) is 7.50. The zero-order chi connectivity index (χ0) is 18.8. The lowest BCUT2D eigenvalue weighted by Crippen LogP contribution is -2.58. The van der Waals surface area contributed by atoms with Gasteiger partial charge in [0, 0.05) is 25.0 Å². The van der Waals surface area contributed by atoms with E-state index in [1.165, 1.54) is 11.2 Å². The average Bonchev–Trinajstić information content (AvgIpc) is 2.58. The maximum atomic E-state index is 12.9. The second kappa shape index (κ2) is 7.15. The Morgan fingerprint density at radius 3 is 2.81 bits per heavy atom. The van der Waals surface area contributed by atoms with Crippen molar-refractivity contribution in [3.8, 4) is 0 Å². The van der Waals surface area contributed by atoms with Crippen molar-refractivity contribution in [3.05, 3.63) is 30.1 Å². The van der Waals surface area contributed by atoms with E-state index in [2.05, 4.69) is 9.97 Å². The molecule has 138 valence electrons. The Kier molecular flexibility index (Phi) is 4.92. The van der Waals surface area contributed by atoms with Gasteiger partial charge in [0.15, 0.2) is 0 Å². The first-order valence-corrected chi connectivity index (χ1v) is 8.64. The Morgan fingerprint density at radius 1 is 1.35 bits per heavy atom. The normalized spacial score (nSPS) is 18.0. The summed E-state index contributed by atoms with van der Waals surface area (Å²) < 4.78 is 0. The molecule has 2 aromatic rings. The topological polar surface area (TPSA) is 113 Å². The number of carboxylic acid groups (broad SMARTS) is 1. The largest absolute Gasteiger partial charge is 0.465 e. The minimum absolute atomic E-state index is 0.144. The van der Waals surface area contributed by atoms with Gasteiger partial charge < -0.3 is 15.7 Å². The summed E-state index contributed by atoms with van der Waals surface area (Å²) in [7, 11) is 0. The minimum Gasteiger partial charge on any atom is -0.465 e. The molecule has 0 radical (unpaired) electrons. The molecule has 0 spiro atoms. The van der Waals surface area contributed by atoms with E-state index in [1.54, 1.807) is 4.90 Å². The predicted octanol–water partition coefficient (Wildman–Crippen LogP) is 1.95. The molecule has 0 aliphatic carbocycles. The van der Waals surface area contributed by atoms with Crippen LogP contribution in [0.15, 0.2) is 24.5 Å². The minimum atomic E-state index is -1.04. The first-order valence-electron chi connectivity index (χ1n) is 8.64. The lowest BCUT2D eigenvalue weighted by atomic mass is 9.99. The van der Waals surface area contributed by atoms with Crippen molar-refractivity contribution in [3.63, 3.8) is 0 Å². The fourth-order valence-corrected chi connectivity index (χ4v) is 3.34. The van der Waals surface area contributed by atoms with Gasteiger partial charge >= 0.3 is 6.09 Å². The highest BCUT2D eigenvalue weighted by Crippen LogP contribution is 2.23. The van der Waals surface area contributed by atoms with Crippen LogP contribution in [0.4, 0.5) is 10.6 Å². The molecule has 1 aliphatic rings. The SMILES string of the molecule is CC(C)C[C@H]1C(=O)N(Cc2ccc3c(N)ncnc3c2)CCN1C(=O)O. The van der Waals surface area contributed by atoms with Gasteiger partial charge in [0.2, 0.25) is 5.91 Å². The van der Waals surface area contributed by atoms with E-state index in [4.69, 9.17) is 5.73 Å². The molecule has 0 saturated carbocycles. The molecule has 1 aliphatic heterocycles. The molecular weight excluding hydrogens is 334 g/mol. The van der Waals surface area contributed by atoms with Crippen molar-refractivity contribution >= 4 is 28.7 Å². The number of hydrogen-bond acceptors (Lipinski definition) is 5. The van der Waals surface area contributed by atoms with Crippen LogP contribution in [0, 0.1) is 5.92 Å². The summed E-state index contributed by atoms with van der Waals surface area (Å²) in [6, 6.07) is 5.02. The molecule has 3 rings (SSSR count). The number of fused-ring (bicyclic) bond motifs is 1. The number of nitrogens with two attached hydrogens (primary N) is 1. The molecule has 1 fully saturated rings. The number of benzene rings is 1. The highest BCUT2D eigenvalue weighted by atomic mass is 16.4. The van der Waals surface area contributed by atoms with Crippen molar-refractivity contribution in [2.45, 2.75) is 32.9 Å². The second-order valence-electron chi connectivity index (χ2n) is 6.99. The molecule has 1 atom stereocenters. The van der Waals surface area contributed by atoms with Crippen LogP contribution in [0.1, 0.15) is 25.8 Å². The zero-order valence-electron chi connectivity index (χ0n) is 14.9. The Bertz CT molecular complexity index is 839. The number of carbonyl (C=O) groups is 2. The van der Waals surface area contributed by atoms with Crippen molar-refractivity contribution in [1.82, 2.24) is 19.8 Å². The fourth-order valence-electron chi connectivity index (χ4n) is 3.34. The molecule has 8 nitrogen and oxygen atoms in total. The second-order valence-corrected chi connectivity index (χ2v) is 6.99. The lowest BCUT2D eigenvalue weighted by molar-refractivity contribution is -0.142. The number of piperazine rings is 1. The van der Waals surface area contributed by atoms with Gasteiger partial charge in [-0.15, -0.1) is 0 Å². The van der Waals surface area contributed by atoms with E-state index in [0.29, 0.717) is 31.9 Å². The highest BCUT2D eigenvalue weighted by molar-refractivity contribution is 5.89. The molecule has 2 heterocycles. The number of anilines is 1. The van der Waals surface area contributed by atoms with Gasteiger partial charge in [-0.1, -0.05) is 19.9 Å². The van der Waals surface area contributed by atoms with Gasteiger partial charge in [-0.2, -0.15) is 0 Å². The third-order valence-corrected chi connectivity index (χ3v) is 4.63. The van der Waals surface area contributed by atoms with Crippen LogP contribution in [-0.2, 0) is 11.3 Å². The molecule has 8 heteroatoms. The van der Waals surface area contributed by atoms with Crippen molar-refractivity contribution in [1.29, 1.82) is 0 Å². The summed E-state index contributed by atoms with van der Waals surface area (Å²) in [4.78, 5) is 35.5. The summed E-state index contributed by atoms with van der Waals surface area (Å²) in [5.74, 6) is 0.505. The zero-order valence-corrected chi connectivity index (χ0v) is 14.9. The van der Waals surface area contributed by atoms with Crippen LogP contribution in [0.5, 0.6) is 0 Å². The molecule has 1 saturated heterocycles. The monoisotopic (exact) mass is 357 g/mol. The van der Waals surface area contributed by atoms with Crippen LogP contribution in [0.2, 0.25) is 0 Å². The smallest absolute Gasteiger partial charge is 0.408 e. The van der Waals surface area contributed by atoms with Crippen molar-refractivity contribution in [2.24, 2.45) is 5.92 Å². The Labute approximate surface area is 151 Å². The summed E-state index contributed by atoms with van der Waals surface area (Å²) >= 11 is 0. The quantitative estimate of drug-likeness (QED) is 0.865. The Morgan fingerprint density at radius 2 is 2.12 bits per heavy atom. The molecule has 3 N–H and O–H groups in total. The maximum absolute atomic E-state index is 12.9. The fraction of sp³-hybridized carbons (Fsp3) is 0.444. The van der Waals surface area contributed by atoms with Crippen molar-refractivity contribution < 1.29 is 14.7 Å². The van der Waals surface area contributed by atoms with Gasteiger partial charge in [-0.3, -0.25) is 9.69 Å². The molecule has 2 amide bonds. The molecular formula is C18H23N5O3. The van der Waals surface area contributed by atoms with E-state index >= 15 is 0 Å². The van der Waals surface area contributed by atoms with Gasteiger partial charge in [0.1, 0.15) is 18.2 Å². The third kappa shape index (κ3) is 3.54. The van der Waals surface area contributed by atoms with Gasteiger partial charge in [0.25, 0.3) is 0 Å². The summed E-state index contributed by atoms with van der Waals surface area (Å²) in [5, 5.41) is 10.2. The number of nitrogen functional groups attached to an aromatic ring is 1. The van der Waals surface area contributed by atoms with Crippen molar-refractivity contribution in [2.75, 3.05) is 18.8 Å². The highest BCUT2D eigenvalue weighted by Gasteiger charge is 2.37. The van der Waals surface area contributed by atoms with E-state index in [-0.39, 0.29) is 11.8 Å². The molecule has 0 bridgehead atoms. The van der Waals surface area contributed by atoms with Crippen LogP contribution in [0.25, 0.3) is 10.9 Å². The molecule has 1 aromatic heterocycles. The number of amides is 2. The summed E-state index contributed by atoms with van der Waals surface area (Å²) in [6.07, 6.45) is 0.890. The first-order chi connectivity index (χ1) is 12.4. The predicted molar refractivity (Wildman–Crippen MR) is 97.3 cm³/mol. The van der Waals surface area contributed by atoms with E-state index in [1.807, 2.05) is 32.0 Å². The maximum Gasteiger partial charge on any atom is 0.408 e. The van der Waals surface area contributed by atoms with Crippen LogP contribution < -0.4 is 5.73 Å². The average molecular weight is 357 g/mol. The number of rotatable bonds is 4. The molecule has 1 aromatic carbocycles. The van der Waals surface area contributed by atoms with Gasteiger partial charge in [0.05, 0.1) is 5.52 Å². The molecule has 26 heavy (non-hydrogen) atoms. The lowest BCUT2D eigenvalue weighted by Gasteiger charge is -2.40. The molecule has 0 unspecified atom stereocenters. The van der Waals surface area contributed by atoms with Crippen LogP contribution in [0.3, 0.4) is 0 Å². The third-order valence-electron chi connectivity index (χ3n) is 4.63. The number of aromatic nitrogens is 2. The van der Waals surface area contributed by atoms with Gasteiger partial charge in [-0.05, 0) is 30.0 Å². The van der Waals surface area contributed by atoms with Gasteiger partial charge in [-0.25, -0.2) is 14.8 Å². The Balaban J connectivity index is 1.81. The standard InChI is InChI=1S/C18H23N5O3/c1-11(2)7-15-17(24)22(5-6-23(15)18(25)26)9-12-3-4-13-14(8-12)20-10-21-16(13)19/h3-4,8,10-11,15H,5-7,9H2,1-2H3,(H,25,26)(H2,19,20,21)/t15-/m0/s1. The van der Waals surface area contributed by atoms with Crippen LogP contribution >= 0.6 is 0 Å². The summed E-state index contributed by atoms with van der Waals surface area (Å²) in [6.45, 7) is 5.09. The number of carbonyl (C=O) groups excluding carboxylic acids is 1. The van der Waals surface area contributed by atoms with E-state index in [9.17, 15) is 14.7 Å². The van der Waals surface area contributed by atoms with Crippen LogP contribution in [-0.4, -0.2) is 56.0 Å². The number of hydrogen-bond donors (Lipinski definition) is 2. The Hall–Kier alpha value is -2.90. The van der Waals surface area contributed by atoms with E-state index < -0.39 is 12.1 Å². The van der Waals surface area contributed by atoms with E-state index in [0.717, 1.165) is 16.5 Å². The number of nitrogens with zero attached hydrogens (tertiary/aromatic N) is 4. The first kappa shape index (κ1) is 17.9.